The molecule has 23 heavy (non-hydrogen) atoms. The summed E-state index contributed by atoms with van der Waals surface area (Å²) in [6.07, 6.45) is 3.49. The van der Waals surface area contributed by atoms with E-state index in [0.717, 1.165) is 5.56 Å². The van der Waals surface area contributed by atoms with Crippen LogP contribution in [0.3, 0.4) is 0 Å². The SMILES string of the molecule is COC[C@@H]1CN(S(=O)(=O)c2ccccc2)C[C@H]1c1ccncc1. The van der Waals surface area contributed by atoms with Gasteiger partial charge in [-0.25, -0.2) is 8.42 Å². The highest BCUT2D eigenvalue weighted by atomic mass is 32.2. The lowest BCUT2D eigenvalue weighted by Crippen LogP contribution is -2.29. The average molecular weight is 332 g/mol. The molecule has 0 saturated carbocycles. The summed E-state index contributed by atoms with van der Waals surface area (Å²) in [5, 5.41) is 0. The second-order valence-corrected chi connectivity index (χ2v) is 7.68. The summed E-state index contributed by atoms with van der Waals surface area (Å²) in [6.45, 7) is 1.47. The van der Waals surface area contributed by atoms with Gasteiger partial charge in [-0.05, 0) is 29.8 Å². The fraction of sp³-hybridized carbons (Fsp3) is 0.353. The second-order valence-electron chi connectivity index (χ2n) is 5.74. The zero-order valence-electron chi connectivity index (χ0n) is 13.0. The van der Waals surface area contributed by atoms with Gasteiger partial charge < -0.3 is 4.74 Å². The second kappa shape index (κ2) is 6.78. The van der Waals surface area contributed by atoms with E-state index < -0.39 is 10.0 Å². The van der Waals surface area contributed by atoms with Crippen molar-refractivity contribution in [2.75, 3.05) is 26.8 Å². The Morgan fingerprint density at radius 3 is 2.48 bits per heavy atom. The van der Waals surface area contributed by atoms with Crippen molar-refractivity contribution >= 4 is 10.0 Å². The number of pyridine rings is 1. The van der Waals surface area contributed by atoms with Crippen molar-refractivity contribution < 1.29 is 13.2 Å². The Morgan fingerprint density at radius 2 is 1.83 bits per heavy atom. The van der Waals surface area contributed by atoms with E-state index in [0.29, 0.717) is 24.6 Å². The number of hydrogen-bond acceptors (Lipinski definition) is 4. The van der Waals surface area contributed by atoms with E-state index in [1.54, 1.807) is 48.1 Å². The number of methoxy groups -OCH3 is 1. The standard InChI is InChI=1S/C17H20N2O3S/c1-22-13-15-11-19(12-17(15)14-7-9-18-10-8-14)23(20,21)16-5-3-2-4-6-16/h2-10,15,17H,11-13H2,1H3/t15-,17-/m0/s1. The first-order chi connectivity index (χ1) is 11.1. The third kappa shape index (κ3) is 3.29. The lowest BCUT2D eigenvalue weighted by molar-refractivity contribution is 0.151. The maximum Gasteiger partial charge on any atom is 0.243 e. The Hall–Kier alpha value is -1.76. The van der Waals surface area contributed by atoms with Crippen LogP contribution in [0.25, 0.3) is 0 Å². The maximum absolute atomic E-state index is 12.8. The summed E-state index contributed by atoms with van der Waals surface area (Å²) >= 11 is 0. The Bertz CT molecular complexity index is 735. The highest BCUT2D eigenvalue weighted by Crippen LogP contribution is 2.35. The highest BCUT2D eigenvalue weighted by Gasteiger charge is 2.39. The minimum absolute atomic E-state index is 0.122. The molecule has 2 heterocycles. The van der Waals surface area contributed by atoms with Crippen LogP contribution in [0.4, 0.5) is 0 Å². The van der Waals surface area contributed by atoms with Crippen LogP contribution in [-0.4, -0.2) is 44.5 Å². The van der Waals surface area contributed by atoms with Crippen LogP contribution in [0.2, 0.25) is 0 Å². The number of ether oxygens (including phenoxy) is 1. The van der Waals surface area contributed by atoms with Crippen molar-refractivity contribution in [1.82, 2.24) is 9.29 Å². The first-order valence-corrected chi connectivity index (χ1v) is 9.01. The normalized spacial score (nSPS) is 22.3. The quantitative estimate of drug-likeness (QED) is 0.842. The zero-order valence-corrected chi connectivity index (χ0v) is 13.8. The van der Waals surface area contributed by atoms with Gasteiger partial charge in [0.15, 0.2) is 0 Å². The molecule has 3 rings (SSSR count). The number of benzene rings is 1. The van der Waals surface area contributed by atoms with E-state index in [-0.39, 0.29) is 11.8 Å². The third-order valence-electron chi connectivity index (χ3n) is 4.30. The predicted molar refractivity (Wildman–Crippen MR) is 87.5 cm³/mol. The molecular formula is C17H20N2O3S. The maximum atomic E-state index is 12.8. The van der Waals surface area contributed by atoms with Crippen molar-refractivity contribution in [3.8, 4) is 0 Å². The molecule has 0 unspecified atom stereocenters. The molecule has 1 aromatic carbocycles. The number of sulfonamides is 1. The Labute approximate surface area is 137 Å². The van der Waals surface area contributed by atoms with Crippen LogP contribution in [0, 0.1) is 5.92 Å². The molecule has 0 N–H and O–H groups in total. The molecule has 0 bridgehead atoms. The molecule has 0 radical (unpaired) electrons. The minimum atomic E-state index is -3.47. The Morgan fingerprint density at radius 1 is 1.13 bits per heavy atom. The first kappa shape index (κ1) is 16.1. The summed E-state index contributed by atoms with van der Waals surface area (Å²) in [5.41, 5.74) is 1.10. The predicted octanol–water partition coefficient (Wildman–Crippen LogP) is 2.13. The van der Waals surface area contributed by atoms with Crippen molar-refractivity contribution in [1.29, 1.82) is 0 Å². The van der Waals surface area contributed by atoms with E-state index in [9.17, 15) is 8.42 Å². The fourth-order valence-corrected chi connectivity index (χ4v) is 4.68. The molecule has 1 aromatic heterocycles. The van der Waals surface area contributed by atoms with Gasteiger partial charge in [-0.3, -0.25) is 4.98 Å². The van der Waals surface area contributed by atoms with Gasteiger partial charge >= 0.3 is 0 Å². The van der Waals surface area contributed by atoms with Crippen molar-refractivity contribution in [2.24, 2.45) is 5.92 Å². The molecule has 6 heteroatoms. The van der Waals surface area contributed by atoms with Crippen LogP contribution in [0.5, 0.6) is 0 Å². The number of hydrogen-bond donors (Lipinski definition) is 0. The van der Waals surface area contributed by atoms with Gasteiger partial charge in [-0.15, -0.1) is 0 Å². The molecule has 122 valence electrons. The molecule has 5 nitrogen and oxygen atoms in total. The molecule has 0 amide bonds. The lowest BCUT2D eigenvalue weighted by atomic mass is 9.90. The zero-order chi connectivity index (χ0) is 16.3. The van der Waals surface area contributed by atoms with Gasteiger partial charge in [-0.1, -0.05) is 18.2 Å². The monoisotopic (exact) mass is 332 g/mol. The highest BCUT2D eigenvalue weighted by molar-refractivity contribution is 7.89. The van der Waals surface area contributed by atoms with E-state index in [1.165, 1.54) is 0 Å². The number of nitrogens with zero attached hydrogens (tertiary/aromatic N) is 2. The lowest BCUT2D eigenvalue weighted by Gasteiger charge is -2.17. The third-order valence-corrected chi connectivity index (χ3v) is 6.15. The molecule has 1 fully saturated rings. The van der Waals surface area contributed by atoms with Crippen molar-refractivity contribution in [3.05, 3.63) is 60.4 Å². The van der Waals surface area contributed by atoms with Gasteiger partial charge in [0.25, 0.3) is 0 Å². The van der Waals surface area contributed by atoms with E-state index in [1.807, 2.05) is 18.2 Å². The van der Waals surface area contributed by atoms with Gasteiger partial charge in [-0.2, -0.15) is 4.31 Å². The molecule has 0 spiro atoms. The summed E-state index contributed by atoms with van der Waals surface area (Å²) < 4.78 is 32.5. The number of rotatable bonds is 5. The molecule has 2 aromatic rings. The van der Waals surface area contributed by atoms with E-state index in [4.69, 9.17) is 4.74 Å². The van der Waals surface area contributed by atoms with Crippen molar-refractivity contribution in [2.45, 2.75) is 10.8 Å². The van der Waals surface area contributed by atoms with Crippen LogP contribution >= 0.6 is 0 Å². The van der Waals surface area contributed by atoms with Gasteiger partial charge in [0.2, 0.25) is 10.0 Å². The summed E-state index contributed by atoms with van der Waals surface area (Å²) in [6, 6.07) is 12.5. The minimum Gasteiger partial charge on any atom is -0.384 e. The number of aromatic nitrogens is 1. The molecule has 2 atom stereocenters. The fourth-order valence-electron chi connectivity index (χ4n) is 3.14. The topological polar surface area (TPSA) is 59.5 Å². The smallest absolute Gasteiger partial charge is 0.243 e. The molecular weight excluding hydrogens is 312 g/mol. The van der Waals surface area contributed by atoms with Crippen LogP contribution in [0.1, 0.15) is 11.5 Å². The first-order valence-electron chi connectivity index (χ1n) is 7.57. The van der Waals surface area contributed by atoms with E-state index >= 15 is 0 Å². The molecule has 1 aliphatic heterocycles. The van der Waals surface area contributed by atoms with Crippen molar-refractivity contribution in [3.63, 3.8) is 0 Å². The summed E-state index contributed by atoms with van der Waals surface area (Å²) in [4.78, 5) is 4.38. The average Bonchev–Trinajstić information content (AvgIpc) is 3.02. The summed E-state index contributed by atoms with van der Waals surface area (Å²) in [7, 11) is -1.82. The van der Waals surface area contributed by atoms with E-state index in [2.05, 4.69) is 4.98 Å². The van der Waals surface area contributed by atoms with Gasteiger partial charge in [0.1, 0.15) is 0 Å². The van der Waals surface area contributed by atoms with Crippen LogP contribution in [-0.2, 0) is 14.8 Å². The van der Waals surface area contributed by atoms with Crippen LogP contribution in [0.15, 0.2) is 59.8 Å². The molecule has 0 aliphatic carbocycles. The van der Waals surface area contributed by atoms with Crippen LogP contribution < -0.4 is 0 Å². The largest absolute Gasteiger partial charge is 0.384 e. The van der Waals surface area contributed by atoms with Gasteiger partial charge in [0.05, 0.1) is 11.5 Å². The molecule has 1 saturated heterocycles. The Kier molecular flexibility index (Phi) is 4.75. The van der Waals surface area contributed by atoms with Gasteiger partial charge in [0, 0.05) is 44.4 Å². The Balaban J connectivity index is 1.89. The summed E-state index contributed by atoms with van der Waals surface area (Å²) in [5.74, 6) is 0.261. The molecule has 1 aliphatic rings.